The van der Waals surface area contributed by atoms with Crippen molar-refractivity contribution in [3.63, 3.8) is 0 Å². The van der Waals surface area contributed by atoms with Gasteiger partial charge in [0.2, 0.25) is 0 Å². The molecule has 2 aromatic rings. The number of nitrogens with zero attached hydrogens (tertiary/aromatic N) is 1. The van der Waals surface area contributed by atoms with Gasteiger partial charge in [0.15, 0.2) is 5.13 Å². The van der Waals surface area contributed by atoms with Crippen LogP contribution >= 0.6 is 34.9 Å². The molecule has 1 fully saturated rings. The molecule has 2 heterocycles. The number of anilines is 2. The van der Waals surface area contributed by atoms with E-state index in [0.29, 0.717) is 47.1 Å². The summed E-state index contributed by atoms with van der Waals surface area (Å²) in [5.74, 6) is -0.355. The van der Waals surface area contributed by atoms with Crippen LogP contribution in [0.25, 0.3) is 0 Å². The van der Waals surface area contributed by atoms with Crippen LogP contribution in [0.5, 0.6) is 0 Å². The summed E-state index contributed by atoms with van der Waals surface area (Å²) in [5, 5.41) is 6.11. The molecule has 3 rings (SSSR count). The molecule has 124 valence electrons. The Morgan fingerprint density at radius 2 is 2.35 bits per heavy atom. The summed E-state index contributed by atoms with van der Waals surface area (Å²) in [7, 11) is 0. The minimum absolute atomic E-state index is 0.0523. The van der Waals surface area contributed by atoms with Crippen LogP contribution in [0.1, 0.15) is 0 Å². The van der Waals surface area contributed by atoms with Gasteiger partial charge in [-0.05, 0) is 24.1 Å². The number of aromatic nitrogens is 1. The molecule has 23 heavy (non-hydrogen) atoms. The van der Waals surface area contributed by atoms with E-state index in [4.69, 9.17) is 21.1 Å². The fraction of sp³-hybridized carbons (Fsp3) is 0.357. The summed E-state index contributed by atoms with van der Waals surface area (Å²) in [6.07, 6.45) is 1.63. The van der Waals surface area contributed by atoms with Gasteiger partial charge in [-0.3, -0.25) is 0 Å². The van der Waals surface area contributed by atoms with Gasteiger partial charge in [-0.15, -0.1) is 11.3 Å². The Morgan fingerprint density at radius 3 is 3.09 bits per heavy atom. The number of halogens is 2. The molecule has 0 radical (unpaired) electrons. The number of thiazole rings is 1. The van der Waals surface area contributed by atoms with Crippen LogP contribution in [0.2, 0.25) is 5.02 Å². The van der Waals surface area contributed by atoms with E-state index in [1.807, 2.05) is 5.38 Å². The van der Waals surface area contributed by atoms with Crippen molar-refractivity contribution in [1.29, 1.82) is 0 Å². The Balaban J connectivity index is 1.60. The fourth-order valence-corrected chi connectivity index (χ4v) is 3.56. The van der Waals surface area contributed by atoms with Gasteiger partial charge in [-0.25, -0.2) is 9.37 Å². The lowest BCUT2D eigenvalue weighted by atomic mass is 10.3. The number of hydrogen-bond donors (Lipinski definition) is 2. The van der Waals surface area contributed by atoms with Crippen molar-refractivity contribution >= 4 is 45.7 Å². The maximum absolute atomic E-state index is 14.2. The number of nitrogens with one attached hydrogen (secondary N) is 2. The second kappa shape index (κ2) is 8.16. The maximum Gasteiger partial charge on any atom is 0.192 e. The van der Waals surface area contributed by atoms with Gasteiger partial charge in [0.05, 0.1) is 41.5 Å². The maximum atomic E-state index is 14.2. The Morgan fingerprint density at radius 1 is 1.43 bits per heavy atom. The molecule has 1 saturated heterocycles. The molecule has 0 aliphatic carbocycles. The van der Waals surface area contributed by atoms with Crippen molar-refractivity contribution in [1.82, 2.24) is 4.98 Å². The first-order valence-corrected chi connectivity index (χ1v) is 9.04. The molecule has 0 spiro atoms. The highest BCUT2D eigenvalue weighted by molar-refractivity contribution is 8.00. The summed E-state index contributed by atoms with van der Waals surface area (Å²) in [5.41, 5.74) is 0.539. The summed E-state index contributed by atoms with van der Waals surface area (Å²) >= 11 is 8.81. The van der Waals surface area contributed by atoms with E-state index in [-0.39, 0.29) is 11.9 Å². The summed E-state index contributed by atoms with van der Waals surface area (Å²) in [6.45, 7) is 2.23. The Labute approximate surface area is 146 Å². The zero-order valence-corrected chi connectivity index (χ0v) is 14.4. The second-order valence-corrected chi connectivity index (χ2v) is 6.90. The zero-order chi connectivity index (χ0) is 16.1. The number of benzene rings is 1. The largest absolute Gasteiger partial charge is 0.381 e. The number of hydrogen-bond acceptors (Lipinski definition) is 7. The topological polar surface area (TPSA) is 55.4 Å². The molecule has 1 aromatic heterocycles. The third-order valence-electron chi connectivity index (χ3n) is 3.11. The van der Waals surface area contributed by atoms with Gasteiger partial charge in [0.1, 0.15) is 5.82 Å². The lowest BCUT2D eigenvalue weighted by Crippen LogP contribution is -2.34. The molecule has 1 aliphatic heterocycles. The molecule has 2 N–H and O–H groups in total. The van der Waals surface area contributed by atoms with Crippen LogP contribution in [0.3, 0.4) is 0 Å². The van der Waals surface area contributed by atoms with E-state index in [1.54, 1.807) is 12.3 Å². The molecular formula is C14H15ClFN3O2S2. The minimum Gasteiger partial charge on any atom is -0.381 e. The first-order chi connectivity index (χ1) is 11.2. The molecule has 1 aromatic carbocycles. The zero-order valence-electron chi connectivity index (χ0n) is 12.1. The van der Waals surface area contributed by atoms with Crippen molar-refractivity contribution in [3.8, 4) is 0 Å². The van der Waals surface area contributed by atoms with Crippen LogP contribution in [0, 0.1) is 5.82 Å². The summed E-state index contributed by atoms with van der Waals surface area (Å²) in [4.78, 5) is 4.49. The molecule has 9 heteroatoms. The molecule has 1 unspecified atom stereocenters. The van der Waals surface area contributed by atoms with Crippen LogP contribution < -0.4 is 10.0 Å². The van der Waals surface area contributed by atoms with Crippen LogP contribution in [0.4, 0.5) is 15.2 Å². The van der Waals surface area contributed by atoms with Crippen LogP contribution in [0.15, 0.2) is 28.6 Å². The van der Waals surface area contributed by atoms with E-state index < -0.39 is 0 Å². The van der Waals surface area contributed by atoms with E-state index in [9.17, 15) is 4.39 Å². The third kappa shape index (κ3) is 4.71. The van der Waals surface area contributed by atoms with E-state index in [1.165, 1.54) is 17.4 Å². The highest BCUT2D eigenvalue weighted by Crippen LogP contribution is 2.32. The average molecular weight is 376 g/mol. The van der Waals surface area contributed by atoms with Crippen LogP contribution in [-0.4, -0.2) is 37.5 Å². The number of rotatable bonds is 6. The first-order valence-electron chi connectivity index (χ1n) is 6.97. The summed E-state index contributed by atoms with van der Waals surface area (Å²) < 4.78 is 28.0. The SMILES string of the molecule is Fc1cc(NCC2COCCO2)c(Cl)cc1SNc1nccs1. The molecule has 0 bridgehead atoms. The van der Waals surface area contributed by atoms with Gasteiger partial charge in [-0.2, -0.15) is 0 Å². The molecule has 1 atom stereocenters. The Kier molecular flexibility index (Phi) is 5.96. The third-order valence-corrected chi connectivity index (χ3v) is 5.07. The molecule has 1 aliphatic rings. The molecule has 5 nitrogen and oxygen atoms in total. The van der Waals surface area contributed by atoms with Crippen molar-refractivity contribution in [2.45, 2.75) is 11.0 Å². The van der Waals surface area contributed by atoms with Gasteiger partial charge < -0.3 is 19.5 Å². The molecular weight excluding hydrogens is 361 g/mol. The Hall–Kier alpha value is -1.06. The normalized spacial score (nSPS) is 17.9. The van der Waals surface area contributed by atoms with E-state index in [2.05, 4.69) is 15.0 Å². The van der Waals surface area contributed by atoms with Gasteiger partial charge in [-0.1, -0.05) is 11.6 Å². The molecule has 0 amide bonds. The van der Waals surface area contributed by atoms with Gasteiger partial charge in [0.25, 0.3) is 0 Å². The fourth-order valence-electron chi connectivity index (χ4n) is 1.99. The van der Waals surface area contributed by atoms with E-state index >= 15 is 0 Å². The minimum atomic E-state index is -0.355. The van der Waals surface area contributed by atoms with Crippen molar-refractivity contribution in [3.05, 3.63) is 34.5 Å². The smallest absolute Gasteiger partial charge is 0.192 e. The lowest BCUT2D eigenvalue weighted by molar-refractivity contribution is -0.0818. The predicted molar refractivity (Wildman–Crippen MR) is 92.1 cm³/mol. The van der Waals surface area contributed by atoms with Gasteiger partial charge in [0, 0.05) is 18.1 Å². The van der Waals surface area contributed by atoms with Crippen molar-refractivity contribution in [2.75, 3.05) is 36.4 Å². The highest BCUT2D eigenvalue weighted by Gasteiger charge is 2.16. The predicted octanol–water partition coefficient (Wildman–Crippen LogP) is 3.88. The standard InChI is InChI=1S/C14H15ClFN3O2S2/c15-10-5-13(23-19-14-17-1-4-22-14)11(16)6-12(10)18-7-9-8-20-2-3-21-9/h1,4-6,9,18H,2-3,7-8H2,(H,17,19). The lowest BCUT2D eigenvalue weighted by Gasteiger charge is -2.23. The monoisotopic (exact) mass is 375 g/mol. The quantitative estimate of drug-likeness (QED) is 0.747. The molecule has 0 saturated carbocycles. The van der Waals surface area contributed by atoms with Crippen molar-refractivity contribution in [2.24, 2.45) is 0 Å². The average Bonchev–Trinajstić information content (AvgIpc) is 3.08. The van der Waals surface area contributed by atoms with Gasteiger partial charge >= 0.3 is 0 Å². The Bertz CT molecular complexity index is 639. The number of ether oxygens (including phenoxy) is 2. The summed E-state index contributed by atoms with van der Waals surface area (Å²) in [6, 6.07) is 2.97. The van der Waals surface area contributed by atoms with Crippen LogP contribution in [-0.2, 0) is 9.47 Å². The van der Waals surface area contributed by atoms with E-state index in [0.717, 1.165) is 11.9 Å². The van der Waals surface area contributed by atoms with Crippen molar-refractivity contribution < 1.29 is 13.9 Å². The first kappa shape index (κ1) is 16.8. The highest BCUT2D eigenvalue weighted by atomic mass is 35.5. The second-order valence-electron chi connectivity index (χ2n) is 4.75.